The van der Waals surface area contributed by atoms with Crippen molar-refractivity contribution in [1.82, 2.24) is 4.90 Å². The fourth-order valence-electron chi connectivity index (χ4n) is 2.82. The Bertz CT molecular complexity index is 488. The van der Waals surface area contributed by atoms with Gasteiger partial charge in [-0.2, -0.15) is 0 Å². The number of carbonyl (C=O) groups excluding carboxylic acids is 1. The number of carboxylic acid groups (broad SMARTS) is 1. The number of aliphatic carboxylic acids is 1. The van der Waals surface area contributed by atoms with Gasteiger partial charge >= 0.3 is 5.97 Å². The lowest BCUT2D eigenvalue weighted by Crippen LogP contribution is -2.46. The number of hydrogen-bond acceptors (Lipinski definition) is 3. The number of rotatable bonds is 5. The molecular weight excluding hydrogens is 270 g/mol. The molecule has 0 aliphatic carbocycles. The van der Waals surface area contributed by atoms with Crippen LogP contribution in [0.15, 0.2) is 30.3 Å². The highest BCUT2D eigenvalue weighted by Gasteiger charge is 2.31. The molecule has 0 spiro atoms. The molecule has 0 radical (unpaired) electrons. The number of aliphatic hydroxyl groups is 1. The van der Waals surface area contributed by atoms with Crippen molar-refractivity contribution in [2.75, 3.05) is 6.54 Å². The van der Waals surface area contributed by atoms with Gasteiger partial charge in [0.2, 0.25) is 0 Å². The second-order valence-electron chi connectivity index (χ2n) is 5.43. The van der Waals surface area contributed by atoms with E-state index in [1.165, 1.54) is 0 Å². The largest absolute Gasteiger partial charge is 0.481 e. The average Bonchev–Trinajstić information content (AvgIpc) is 2.52. The first kappa shape index (κ1) is 15.5. The van der Waals surface area contributed by atoms with Crippen molar-refractivity contribution in [3.05, 3.63) is 35.9 Å². The molecule has 5 heteroatoms. The summed E-state index contributed by atoms with van der Waals surface area (Å²) in [6, 6.07) is 8.75. The van der Waals surface area contributed by atoms with Crippen molar-refractivity contribution >= 4 is 11.9 Å². The van der Waals surface area contributed by atoms with Crippen molar-refractivity contribution in [2.45, 2.75) is 44.2 Å². The summed E-state index contributed by atoms with van der Waals surface area (Å²) < 4.78 is 0. The average molecular weight is 291 g/mol. The van der Waals surface area contributed by atoms with Crippen LogP contribution in [0.4, 0.5) is 0 Å². The van der Waals surface area contributed by atoms with Crippen molar-refractivity contribution in [3.63, 3.8) is 0 Å². The first-order valence-electron chi connectivity index (χ1n) is 7.35. The topological polar surface area (TPSA) is 77.8 Å². The summed E-state index contributed by atoms with van der Waals surface area (Å²) in [5, 5.41) is 19.0. The molecule has 2 atom stereocenters. The smallest absolute Gasteiger partial charge is 0.303 e. The zero-order chi connectivity index (χ0) is 15.2. The van der Waals surface area contributed by atoms with E-state index in [2.05, 4.69) is 0 Å². The second-order valence-corrected chi connectivity index (χ2v) is 5.43. The number of likely N-dealkylation sites (tertiary alicyclic amines) is 1. The van der Waals surface area contributed by atoms with Gasteiger partial charge in [0.05, 0.1) is 0 Å². The lowest BCUT2D eigenvalue weighted by atomic mass is 9.96. The van der Waals surface area contributed by atoms with Gasteiger partial charge in [-0.1, -0.05) is 30.3 Å². The number of piperidine rings is 1. The lowest BCUT2D eigenvalue weighted by Gasteiger charge is -2.37. The number of carboxylic acids is 1. The van der Waals surface area contributed by atoms with Crippen molar-refractivity contribution in [1.29, 1.82) is 0 Å². The molecule has 1 aliphatic heterocycles. The van der Waals surface area contributed by atoms with Gasteiger partial charge in [-0.05, 0) is 31.2 Å². The minimum absolute atomic E-state index is 0.0515. The van der Waals surface area contributed by atoms with Gasteiger partial charge in [0, 0.05) is 19.0 Å². The van der Waals surface area contributed by atoms with Crippen LogP contribution in [0.5, 0.6) is 0 Å². The molecule has 114 valence electrons. The maximum Gasteiger partial charge on any atom is 0.303 e. The molecule has 2 rings (SSSR count). The molecule has 1 saturated heterocycles. The van der Waals surface area contributed by atoms with E-state index in [9.17, 15) is 14.7 Å². The third kappa shape index (κ3) is 4.04. The Balaban J connectivity index is 2.05. The number of hydrogen-bond donors (Lipinski definition) is 2. The number of amides is 1. The summed E-state index contributed by atoms with van der Waals surface area (Å²) in [7, 11) is 0. The molecule has 1 aliphatic rings. The van der Waals surface area contributed by atoms with Crippen LogP contribution < -0.4 is 0 Å². The Morgan fingerprint density at radius 3 is 2.62 bits per heavy atom. The molecule has 0 bridgehead atoms. The predicted octanol–water partition coefficient (Wildman–Crippen LogP) is 1.97. The van der Waals surface area contributed by atoms with Gasteiger partial charge in [-0.3, -0.25) is 9.59 Å². The molecule has 2 N–H and O–H groups in total. The molecule has 5 nitrogen and oxygen atoms in total. The van der Waals surface area contributed by atoms with Crippen LogP contribution in [0.2, 0.25) is 0 Å². The fourth-order valence-corrected chi connectivity index (χ4v) is 2.82. The quantitative estimate of drug-likeness (QED) is 0.869. The number of nitrogens with zero attached hydrogens (tertiary/aromatic N) is 1. The Hall–Kier alpha value is -1.88. The fraction of sp³-hybridized carbons (Fsp3) is 0.500. The summed E-state index contributed by atoms with van der Waals surface area (Å²) in [6.45, 7) is 0.590. The van der Waals surface area contributed by atoms with E-state index < -0.39 is 12.1 Å². The van der Waals surface area contributed by atoms with Crippen LogP contribution in [-0.2, 0) is 9.59 Å². The first-order chi connectivity index (χ1) is 10.1. The van der Waals surface area contributed by atoms with Crippen LogP contribution in [0.25, 0.3) is 0 Å². The Morgan fingerprint density at radius 2 is 1.95 bits per heavy atom. The molecule has 21 heavy (non-hydrogen) atoms. The van der Waals surface area contributed by atoms with Gasteiger partial charge in [-0.25, -0.2) is 0 Å². The summed E-state index contributed by atoms with van der Waals surface area (Å²) in [6.07, 6.45) is 2.03. The molecule has 1 heterocycles. The lowest BCUT2D eigenvalue weighted by molar-refractivity contribution is -0.146. The second kappa shape index (κ2) is 7.22. The Labute approximate surface area is 124 Å². The molecule has 1 aromatic carbocycles. The maximum atomic E-state index is 12.5. The van der Waals surface area contributed by atoms with Crippen LogP contribution in [0.3, 0.4) is 0 Å². The molecule has 1 aromatic rings. The molecule has 1 amide bonds. The van der Waals surface area contributed by atoms with E-state index >= 15 is 0 Å². The standard InChI is InChI=1S/C16H21NO4/c18-14(19)10-9-13-8-4-5-11-17(13)16(21)15(20)12-6-2-1-3-7-12/h1-3,6-7,13,15,20H,4-5,8-11H2,(H,18,19). The van der Waals surface area contributed by atoms with E-state index in [0.29, 0.717) is 18.5 Å². The molecule has 2 unspecified atom stereocenters. The Kier molecular flexibility index (Phi) is 5.33. The van der Waals surface area contributed by atoms with Gasteiger partial charge in [-0.15, -0.1) is 0 Å². The highest BCUT2D eigenvalue weighted by molar-refractivity contribution is 5.82. The number of carbonyl (C=O) groups is 2. The van der Waals surface area contributed by atoms with Gasteiger partial charge in [0.25, 0.3) is 5.91 Å². The van der Waals surface area contributed by atoms with Crippen molar-refractivity contribution < 1.29 is 19.8 Å². The summed E-state index contributed by atoms with van der Waals surface area (Å²) >= 11 is 0. The van der Waals surface area contributed by atoms with E-state index in [0.717, 1.165) is 19.3 Å². The Morgan fingerprint density at radius 1 is 1.24 bits per heavy atom. The van der Waals surface area contributed by atoms with Crippen LogP contribution in [0.1, 0.15) is 43.8 Å². The van der Waals surface area contributed by atoms with Gasteiger partial charge in [0.15, 0.2) is 6.10 Å². The van der Waals surface area contributed by atoms with Crippen LogP contribution in [0, 0.1) is 0 Å². The third-order valence-electron chi connectivity index (χ3n) is 3.95. The zero-order valence-electron chi connectivity index (χ0n) is 11.9. The number of benzene rings is 1. The monoisotopic (exact) mass is 291 g/mol. The molecule has 0 saturated carbocycles. The minimum Gasteiger partial charge on any atom is -0.481 e. The maximum absolute atomic E-state index is 12.5. The highest BCUT2D eigenvalue weighted by Crippen LogP contribution is 2.25. The molecule has 1 fully saturated rings. The van der Waals surface area contributed by atoms with Crippen LogP contribution >= 0.6 is 0 Å². The SMILES string of the molecule is O=C(O)CCC1CCCCN1C(=O)C(O)c1ccccc1. The van der Waals surface area contributed by atoms with E-state index in [-0.39, 0.29) is 18.4 Å². The van der Waals surface area contributed by atoms with E-state index in [1.807, 2.05) is 6.07 Å². The normalized spacial score (nSPS) is 20.0. The molecular formula is C16H21NO4. The van der Waals surface area contributed by atoms with E-state index in [4.69, 9.17) is 5.11 Å². The summed E-state index contributed by atoms with van der Waals surface area (Å²) in [5.41, 5.74) is 0.574. The van der Waals surface area contributed by atoms with Gasteiger partial charge < -0.3 is 15.1 Å². The third-order valence-corrected chi connectivity index (χ3v) is 3.95. The zero-order valence-corrected chi connectivity index (χ0v) is 11.9. The van der Waals surface area contributed by atoms with Crippen molar-refractivity contribution in [2.24, 2.45) is 0 Å². The van der Waals surface area contributed by atoms with Crippen LogP contribution in [-0.4, -0.2) is 39.6 Å². The van der Waals surface area contributed by atoms with Gasteiger partial charge in [0.1, 0.15) is 0 Å². The molecule has 0 aromatic heterocycles. The summed E-state index contributed by atoms with van der Waals surface area (Å²) in [4.78, 5) is 24.9. The summed E-state index contributed by atoms with van der Waals surface area (Å²) in [5.74, 6) is -1.17. The highest BCUT2D eigenvalue weighted by atomic mass is 16.4. The van der Waals surface area contributed by atoms with E-state index in [1.54, 1.807) is 29.2 Å². The number of aliphatic hydroxyl groups excluding tert-OH is 1. The van der Waals surface area contributed by atoms with Crippen molar-refractivity contribution in [3.8, 4) is 0 Å². The predicted molar refractivity (Wildman–Crippen MR) is 77.6 cm³/mol. The minimum atomic E-state index is -1.17. The first-order valence-corrected chi connectivity index (χ1v) is 7.35.